The third kappa shape index (κ3) is 9.84. The fraction of sp³-hybridized carbons (Fsp3) is 0.722. The van der Waals surface area contributed by atoms with Crippen molar-refractivity contribution in [2.24, 2.45) is 23.7 Å². The molecule has 1 saturated heterocycles. The van der Waals surface area contributed by atoms with Crippen LogP contribution in [-0.2, 0) is 17.8 Å². The SMILES string of the molecule is CCn1nc(CC2CCC(C)CC2)cc1C1CCN(CC2CC(N(C)[C@@H](C(=O)O)C(C)C)CC2c2cccc(F)c2)CC1.Cl.Cl.Cl. The lowest BCUT2D eigenvalue weighted by Gasteiger charge is -2.35. The van der Waals surface area contributed by atoms with Gasteiger partial charge in [-0.25, -0.2) is 4.39 Å². The Morgan fingerprint density at radius 2 is 1.72 bits per heavy atom. The molecule has 0 bridgehead atoms. The van der Waals surface area contributed by atoms with Crippen LogP contribution < -0.4 is 0 Å². The molecule has 0 amide bonds. The van der Waals surface area contributed by atoms with E-state index in [1.807, 2.05) is 27.0 Å². The lowest BCUT2D eigenvalue weighted by Crippen LogP contribution is -2.47. The molecule has 0 spiro atoms. The number of halogens is 4. The minimum absolute atomic E-state index is 0. The molecule has 3 unspecified atom stereocenters. The first kappa shape index (κ1) is 40.8. The summed E-state index contributed by atoms with van der Waals surface area (Å²) in [5.74, 6) is 1.90. The van der Waals surface area contributed by atoms with Gasteiger partial charge in [0, 0.05) is 30.7 Å². The van der Waals surface area contributed by atoms with Crippen LogP contribution >= 0.6 is 37.2 Å². The minimum atomic E-state index is -0.756. The Hall–Kier alpha value is -1.38. The Labute approximate surface area is 295 Å². The van der Waals surface area contributed by atoms with Crippen LogP contribution in [0.25, 0.3) is 0 Å². The second-order valence-electron chi connectivity index (χ2n) is 14.5. The maximum absolute atomic E-state index is 14.3. The number of aromatic nitrogens is 2. The Bertz CT molecular complexity index is 1210. The quantitative estimate of drug-likeness (QED) is 0.255. The number of carbonyl (C=O) groups is 1. The number of carboxylic acid groups (broad SMARTS) is 1. The molecule has 4 atom stereocenters. The van der Waals surface area contributed by atoms with E-state index >= 15 is 0 Å². The van der Waals surface area contributed by atoms with Crippen molar-refractivity contribution in [1.82, 2.24) is 19.6 Å². The molecule has 2 heterocycles. The topological polar surface area (TPSA) is 61.6 Å². The summed E-state index contributed by atoms with van der Waals surface area (Å²) in [5.41, 5.74) is 3.77. The van der Waals surface area contributed by atoms with E-state index in [0.29, 0.717) is 11.8 Å². The number of benzene rings is 1. The standard InChI is InChI=1S/C36H55FN4O2.3ClH/c1-6-41-34(21-31(38-41)18-26-12-10-25(4)11-13-26)27-14-16-40(17-15-27)23-29-20-32(39(5)35(24(2)3)36(42)43)22-33(29)28-8-7-9-30(37)19-28;;;/h7-9,19,21,24-27,29,32-33,35H,6,10-18,20,22-23H2,1-5H3,(H,42,43);3*1H/t25?,26?,29?,32?,33?,35-;;;/m1.../s1. The third-order valence-corrected chi connectivity index (χ3v) is 11.1. The summed E-state index contributed by atoms with van der Waals surface area (Å²) in [6.07, 6.45) is 10.6. The number of nitrogens with zero attached hydrogens (tertiary/aromatic N) is 4. The fourth-order valence-electron chi connectivity index (χ4n) is 8.67. The number of hydrogen-bond donors (Lipinski definition) is 1. The molecule has 1 aliphatic heterocycles. The molecule has 5 rings (SSSR count). The Morgan fingerprint density at radius 3 is 2.30 bits per heavy atom. The van der Waals surface area contributed by atoms with Crippen LogP contribution in [0.4, 0.5) is 4.39 Å². The van der Waals surface area contributed by atoms with Gasteiger partial charge in [-0.05, 0) is 125 Å². The van der Waals surface area contributed by atoms with Gasteiger partial charge in [0.2, 0.25) is 0 Å². The van der Waals surface area contributed by atoms with Crippen molar-refractivity contribution in [1.29, 1.82) is 0 Å². The van der Waals surface area contributed by atoms with Crippen LogP contribution in [0.15, 0.2) is 30.3 Å². The molecule has 2 saturated carbocycles. The maximum atomic E-state index is 14.3. The second-order valence-corrected chi connectivity index (χ2v) is 14.5. The molecular formula is C36H58Cl3FN4O2. The summed E-state index contributed by atoms with van der Waals surface area (Å²) >= 11 is 0. The maximum Gasteiger partial charge on any atom is 0.321 e. The summed E-state index contributed by atoms with van der Waals surface area (Å²) in [7, 11) is 1.97. The second kappa shape index (κ2) is 18.4. The van der Waals surface area contributed by atoms with E-state index in [1.165, 1.54) is 43.1 Å². The number of likely N-dealkylation sites (N-methyl/N-ethyl adjacent to an activating group) is 1. The molecule has 1 aromatic carbocycles. The molecular weight excluding hydrogens is 646 g/mol. The summed E-state index contributed by atoms with van der Waals surface area (Å²) in [5, 5.41) is 15.0. The normalized spacial score (nSPS) is 26.3. The highest BCUT2D eigenvalue weighted by Crippen LogP contribution is 2.44. The van der Waals surface area contributed by atoms with Crippen molar-refractivity contribution in [2.75, 3.05) is 26.7 Å². The number of carboxylic acids is 1. The van der Waals surface area contributed by atoms with Gasteiger partial charge in [0.05, 0.1) is 5.69 Å². The van der Waals surface area contributed by atoms with Gasteiger partial charge in [0.1, 0.15) is 11.9 Å². The first-order chi connectivity index (χ1) is 20.6. The predicted molar refractivity (Wildman–Crippen MR) is 193 cm³/mol. The molecule has 10 heteroatoms. The zero-order valence-electron chi connectivity index (χ0n) is 28.4. The number of piperidine rings is 1. The highest BCUT2D eigenvalue weighted by Gasteiger charge is 2.42. The van der Waals surface area contributed by atoms with Crippen LogP contribution in [0, 0.1) is 29.5 Å². The van der Waals surface area contributed by atoms with Gasteiger partial charge in [0.25, 0.3) is 0 Å². The van der Waals surface area contributed by atoms with Gasteiger partial charge in [-0.3, -0.25) is 14.4 Å². The monoisotopic (exact) mass is 702 g/mol. The third-order valence-electron chi connectivity index (χ3n) is 11.1. The van der Waals surface area contributed by atoms with Crippen LogP contribution in [0.2, 0.25) is 0 Å². The van der Waals surface area contributed by atoms with Gasteiger partial charge in [-0.15, -0.1) is 37.2 Å². The van der Waals surface area contributed by atoms with Crippen LogP contribution in [-0.4, -0.2) is 69.4 Å². The molecule has 1 N–H and O–H groups in total. The van der Waals surface area contributed by atoms with E-state index < -0.39 is 12.0 Å². The highest BCUT2D eigenvalue weighted by molar-refractivity contribution is 5.86. The van der Waals surface area contributed by atoms with Crippen molar-refractivity contribution >= 4 is 43.2 Å². The first-order valence-electron chi connectivity index (χ1n) is 17.1. The van der Waals surface area contributed by atoms with E-state index in [4.69, 9.17) is 5.10 Å². The van der Waals surface area contributed by atoms with Crippen LogP contribution in [0.1, 0.15) is 108 Å². The first-order valence-corrected chi connectivity index (χ1v) is 17.1. The van der Waals surface area contributed by atoms with Gasteiger partial charge >= 0.3 is 5.97 Å². The van der Waals surface area contributed by atoms with E-state index in [-0.39, 0.29) is 60.9 Å². The molecule has 2 aliphatic carbocycles. The largest absolute Gasteiger partial charge is 0.480 e. The van der Waals surface area contributed by atoms with E-state index in [2.05, 4.69) is 40.5 Å². The van der Waals surface area contributed by atoms with Crippen molar-refractivity contribution in [3.63, 3.8) is 0 Å². The Morgan fingerprint density at radius 1 is 1.04 bits per heavy atom. The van der Waals surface area contributed by atoms with Crippen LogP contribution in [0.5, 0.6) is 0 Å². The summed E-state index contributed by atoms with van der Waals surface area (Å²) in [6.45, 7) is 12.6. The Kier molecular flexibility index (Phi) is 16.3. The zero-order chi connectivity index (χ0) is 30.7. The predicted octanol–water partition coefficient (Wildman–Crippen LogP) is 8.46. The van der Waals surface area contributed by atoms with E-state index in [0.717, 1.165) is 75.7 Å². The highest BCUT2D eigenvalue weighted by atomic mass is 35.5. The zero-order valence-corrected chi connectivity index (χ0v) is 30.9. The van der Waals surface area contributed by atoms with E-state index in [1.54, 1.807) is 6.07 Å². The van der Waals surface area contributed by atoms with Crippen LogP contribution in [0.3, 0.4) is 0 Å². The molecule has 3 fully saturated rings. The van der Waals surface area contributed by atoms with Gasteiger partial charge < -0.3 is 10.0 Å². The summed E-state index contributed by atoms with van der Waals surface area (Å²) in [4.78, 5) is 16.8. The average molecular weight is 704 g/mol. The fourth-order valence-corrected chi connectivity index (χ4v) is 8.67. The van der Waals surface area contributed by atoms with Crippen molar-refractivity contribution in [3.05, 3.63) is 53.1 Å². The number of hydrogen-bond acceptors (Lipinski definition) is 4. The summed E-state index contributed by atoms with van der Waals surface area (Å²) in [6, 6.07) is 9.17. The number of rotatable bonds is 11. The number of likely N-dealkylation sites (tertiary alicyclic amines) is 1. The molecule has 1 aromatic heterocycles. The molecule has 6 nitrogen and oxygen atoms in total. The minimum Gasteiger partial charge on any atom is -0.480 e. The number of aryl methyl sites for hydroxylation is 1. The molecule has 262 valence electrons. The molecule has 3 aliphatic rings. The van der Waals surface area contributed by atoms with Crippen molar-refractivity contribution < 1.29 is 14.3 Å². The van der Waals surface area contributed by atoms with Gasteiger partial charge in [-0.2, -0.15) is 5.10 Å². The lowest BCUT2D eigenvalue weighted by molar-refractivity contribution is -0.145. The van der Waals surface area contributed by atoms with Gasteiger partial charge in [0.15, 0.2) is 0 Å². The van der Waals surface area contributed by atoms with Crippen molar-refractivity contribution in [3.8, 4) is 0 Å². The Balaban J connectivity index is 0.00000245. The molecule has 46 heavy (non-hydrogen) atoms. The van der Waals surface area contributed by atoms with Crippen molar-refractivity contribution in [2.45, 2.75) is 116 Å². The lowest BCUT2D eigenvalue weighted by atomic mass is 9.81. The molecule has 0 radical (unpaired) electrons. The smallest absolute Gasteiger partial charge is 0.321 e. The summed E-state index contributed by atoms with van der Waals surface area (Å²) < 4.78 is 16.6. The number of aliphatic carboxylic acids is 1. The van der Waals surface area contributed by atoms with E-state index in [9.17, 15) is 14.3 Å². The van der Waals surface area contributed by atoms with Gasteiger partial charge in [-0.1, -0.05) is 45.7 Å². The molecule has 2 aromatic rings. The average Bonchev–Trinajstić information content (AvgIpc) is 3.58.